The molecule has 0 saturated heterocycles. The number of carbonyl (C=O) groups excluding carboxylic acids is 1. The third kappa shape index (κ3) is 4.64. The molecule has 3 aromatic rings. The summed E-state index contributed by atoms with van der Waals surface area (Å²) in [4.78, 5) is 12.0. The lowest BCUT2D eigenvalue weighted by atomic mass is 9.88. The Bertz CT molecular complexity index is 1250. The van der Waals surface area contributed by atoms with Crippen molar-refractivity contribution in [3.63, 3.8) is 0 Å². The number of H-pyrrole nitrogens is 1. The average molecular weight is 481 g/mol. The molecule has 0 saturated carbocycles. The van der Waals surface area contributed by atoms with Crippen molar-refractivity contribution in [3.05, 3.63) is 69.2 Å². The van der Waals surface area contributed by atoms with Crippen LogP contribution >= 0.6 is 11.6 Å². The summed E-state index contributed by atoms with van der Waals surface area (Å²) in [6.07, 6.45) is 0. The summed E-state index contributed by atoms with van der Waals surface area (Å²) in [5.74, 6) is -1.79. The molecule has 170 valence electrons. The number of tetrazole rings is 1. The predicted molar refractivity (Wildman–Crippen MR) is 116 cm³/mol. The molecule has 1 aromatic heterocycles. The molecule has 0 radical (unpaired) electrons. The first-order valence-electron chi connectivity index (χ1n) is 9.59. The molecule has 1 heterocycles. The molecule has 0 aliphatic carbocycles. The van der Waals surface area contributed by atoms with Gasteiger partial charge in [-0.3, -0.25) is 4.79 Å². The fraction of sp³-hybridized carbons (Fsp3) is 0.300. The van der Waals surface area contributed by atoms with Gasteiger partial charge in [-0.05, 0) is 54.8 Å². The largest absolute Gasteiger partial charge is 0.355 e. The lowest BCUT2D eigenvalue weighted by Crippen LogP contribution is -2.34. The number of aromatic nitrogens is 4. The molecule has 1 amide bonds. The minimum absolute atomic E-state index is 0.0248. The summed E-state index contributed by atoms with van der Waals surface area (Å²) in [7, 11) is -2.91. The fourth-order valence-electron chi connectivity index (χ4n) is 3.49. The zero-order valence-electron chi connectivity index (χ0n) is 17.8. The highest BCUT2D eigenvalue weighted by Crippen LogP contribution is 2.35. The Hall–Kier alpha value is -2.89. The van der Waals surface area contributed by atoms with Gasteiger partial charge in [0.2, 0.25) is 10.0 Å². The van der Waals surface area contributed by atoms with Crippen LogP contribution in [0.3, 0.4) is 0 Å². The third-order valence-corrected chi connectivity index (χ3v) is 7.05. The van der Waals surface area contributed by atoms with Gasteiger partial charge in [0.1, 0.15) is 5.82 Å². The van der Waals surface area contributed by atoms with E-state index in [2.05, 4.69) is 30.7 Å². The van der Waals surface area contributed by atoms with Gasteiger partial charge in [-0.1, -0.05) is 29.8 Å². The van der Waals surface area contributed by atoms with Crippen molar-refractivity contribution in [2.75, 3.05) is 7.05 Å². The van der Waals surface area contributed by atoms with Crippen molar-refractivity contribution in [2.24, 2.45) is 0 Å². The normalized spacial score (nSPS) is 13.6. The molecule has 3 N–H and O–H groups in total. The summed E-state index contributed by atoms with van der Waals surface area (Å²) in [5.41, 5.74) is 1.72. The summed E-state index contributed by atoms with van der Waals surface area (Å²) in [6, 6.07) is 5.75. The van der Waals surface area contributed by atoms with Crippen LogP contribution < -0.4 is 10.0 Å². The van der Waals surface area contributed by atoms with Crippen molar-refractivity contribution in [1.29, 1.82) is 0 Å². The van der Waals surface area contributed by atoms with E-state index < -0.39 is 33.7 Å². The van der Waals surface area contributed by atoms with E-state index >= 15 is 0 Å². The van der Waals surface area contributed by atoms with Crippen LogP contribution in [0, 0.1) is 19.7 Å². The molecule has 3 rings (SSSR count). The molecule has 2 aromatic carbocycles. The standard InChI is InChI=1S/C20H22ClFN6O3S/c1-10-5-7-15(22)17(11(10)2)12(3)18(19-24-27-28-25-19)26-32(30,31)16-8-6-13(21)9-14(16)20(29)23-4/h5-9,12,18,26H,1-4H3,(H,23,29)(H,24,25,27,28)/t12-,18+/m1/s1. The maximum atomic E-state index is 14.8. The van der Waals surface area contributed by atoms with E-state index in [0.29, 0.717) is 11.1 Å². The lowest BCUT2D eigenvalue weighted by Gasteiger charge is -2.25. The van der Waals surface area contributed by atoms with E-state index in [9.17, 15) is 17.6 Å². The van der Waals surface area contributed by atoms with Crippen LogP contribution in [0.1, 0.15) is 51.8 Å². The molecule has 0 bridgehead atoms. The fourth-order valence-corrected chi connectivity index (χ4v) is 5.12. The number of aromatic amines is 1. The van der Waals surface area contributed by atoms with Crippen molar-refractivity contribution >= 4 is 27.5 Å². The monoisotopic (exact) mass is 480 g/mol. The first kappa shape index (κ1) is 23.8. The molecule has 0 aliphatic heterocycles. The number of sulfonamides is 1. The smallest absolute Gasteiger partial charge is 0.252 e. The number of amides is 1. The first-order chi connectivity index (χ1) is 15.1. The number of nitrogens with one attached hydrogen (secondary N) is 3. The van der Waals surface area contributed by atoms with Crippen molar-refractivity contribution < 1.29 is 17.6 Å². The first-order valence-corrected chi connectivity index (χ1v) is 11.5. The van der Waals surface area contributed by atoms with E-state index in [1.54, 1.807) is 19.9 Å². The topological polar surface area (TPSA) is 130 Å². The van der Waals surface area contributed by atoms with Gasteiger partial charge >= 0.3 is 0 Å². The van der Waals surface area contributed by atoms with Gasteiger partial charge in [-0.25, -0.2) is 12.8 Å². The molecular formula is C20H22ClFN6O3S. The van der Waals surface area contributed by atoms with Crippen LogP contribution in [0.25, 0.3) is 0 Å². The van der Waals surface area contributed by atoms with Gasteiger partial charge in [0.15, 0.2) is 5.82 Å². The average Bonchev–Trinajstić information content (AvgIpc) is 3.28. The van der Waals surface area contributed by atoms with Crippen LogP contribution in [0.2, 0.25) is 5.02 Å². The second kappa shape index (κ2) is 9.31. The number of aryl methyl sites for hydroxylation is 1. The van der Waals surface area contributed by atoms with Crippen LogP contribution in [0.4, 0.5) is 4.39 Å². The molecule has 0 aliphatic rings. The maximum absolute atomic E-state index is 14.8. The van der Waals surface area contributed by atoms with Crippen molar-refractivity contribution in [3.8, 4) is 0 Å². The Morgan fingerprint density at radius 1 is 1.22 bits per heavy atom. The molecule has 9 nitrogen and oxygen atoms in total. The minimum Gasteiger partial charge on any atom is -0.355 e. The molecular weight excluding hydrogens is 459 g/mol. The Kier molecular flexibility index (Phi) is 6.91. The van der Waals surface area contributed by atoms with E-state index in [1.165, 1.54) is 31.3 Å². The quantitative estimate of drug-likeness (QED) is 0.476. The predicted octanol–water partition coefficient (Wildman–Crippen LogP) is 2.79. The van der Waals surface area contributed by atoms with Crippen molar-refractivity contribution in [1.82, 2.24) is 30.7 Å². The Labute approximate surface area is 189 Å². The molecule has 2 atom stereocenters. The van der Waals surface area contributed by atoms with E-state index in [4.69, 9.17) is 11.6 Å². The maximum Gasteiger partial charge on any atom is 0.252 e. The van der Waals surface area contributed by atoms with Gasteiger partial charge in [-0.2, -0.15) is 9.94 Å². The van der Waals surface area contributed by atoms with Gasteiger partial charge < -0.3 is 5.32 Å². The van der Waals surface area contributed by atoms with E-state index in [1.807, 2.05) is 6.92 Å². The number of hydrogen-bond acceptors (Lipinski definition) is 6. The second-order valence-corrected chi connectivity index (χ2v) is 9.40. The molecule has 0 spiro atoms. The molecule has 32 heavy (non-hydrogen) atoms. The summed E-state index contributed by atoms with van der Waals surface area (Å²) in [6.45, 7) is 5.26. The number of halogens is 2. The summed E-state index contributed by atoms with van der Waals surface area (Å²) >= 11 is 5.97. The van der Waals surface area contributed by atoms with Crippen molar-refractivity contribution in [2.45, 2.75) is 37.6 Å². The number of hydrogen-bond donors (Lipinski definition) is 3. The SMILES string of the molecule is CNC(=O)c1cc(Cl)ccc1S(=O)(=O)N[C@H](c1nn[nH]n1)[C@H](C)c1c(F)ccc(C)c1C. The van der Waals surface area contributed by atoms with Gasteiger partial charge in [0.05, 0.1) is 16.5 Å². The summed E-state index contributed by atoms with van der Waals surface area (Å²) < 4.78 is 44.0. The number of benzene rings is 2. The number of rotatable bonds is 7. The van der Waals surface area contributed by atoms with Crippen LogP contribution in [-0.2, 0) is 10.0 Å². The number of carbonyl (C=O) groups is 1. The van der Waals surface area contributed by atoms with Gasteiger partial charge in [0.25, 0.3) is 5.91 Å². The third-order valence-electron chi connectivity index (χ3n) is 5.31. The lowest BCUT2D eigenvalue weighted by molar-refractivity contribution is 0.0959. The summed E-state index contributed by atoms with van der Waals surface area (Å²) in [5, 5.41) is 16.2. The van der Waals surface area contributed by atoms with E-state index in [-0.39, 0.29) is 21.3 Å². The Morgan fingerprint density at radius 3 is 2.56 bits per heavy atom. The highest BCUT2D eigenvalue weighted by molar-refractivity contribution is 7.89. The zero-order valence-corrected chi connectivity index (χ0v) is 19.3. The van der Waals surface area contributed by atoms with Gasteiger partial charge in [0, 0.05) is 18.0 Å². The Balaban J connectivity index is 2.11. The van der Waals surface area contributed by atoms with Gasteiger partial charge in [-0.15, -0.1) is 10.2 Å². The Morgan fingerprint density at radius 2 is 1.94 bits per heavy atom. The highest BCUT2D eigenvalue weighted by atomic mass is 35.5. The second-order valence-electron chi connectivity index (χ2n) is 7.28. The van der Waals surface area contributed by atoms with Crippen LogP contribution in [0.5, 0.6) is 0 Å². The highest BCUT2D eigenvalue weighted by Gasteiger charge is 2.34. The van der Waals surface area contributed by atoms with Crippen LogP contribution in [0.15, 0.2) is 35.2 Å². The molecule has 12 heteroatoms. The van der Waals surface area contributed by atoms with E-state index in [0.717, 1.165) is 5.56 Å². The molecule has 0 unspecified atom stereocenters. The minimum atomic E-state index is -4.29. The zero-order chi connectivity index (χ0) is 23.6. The molecule has 0 fully saturated rings. The van der Waals surface area contributed by atoms with Crippen LogP contribution in [-0.4, -0.2) is 42.0 Å². The number of nitrogens with zero attached hydrogens (tertiary/aromatic N) is 3.